The molecule has 0 aromatic carbocycles. The third kappa shape index (κ3) is 4.97. The van der Waals surface area contributed by atoms with Gasteiger partial charge in [0.15, 0.2) is 11.4 Å². The van der Waals surface area contributed by atoms with Crippen molar-refractivity contribution >= 4 is 11.7 Å². The maximum Gasteiger partial charge on any atom is 0.417 e. The number of piperidine rings is 1. The van der Waals surface area contributed by atoms with Crippen molar-refractivity contribution < 1.29 is 22.7 Å². The molecule has 1 saturated heterocycles. The summed E-state index contributed by atoms with van der Waals surface area (Å²) in [4.78, 5) is 23.7. The van der Waals surface area contributed by atoms with Crippen LogP contribution in [0.4, 0.5) is 19.0 Å². The van der Waals surface area contributed by atoms with Gasteiger partial charge in [0.05, 0.1) is 11.7 Å². The maximum atomic E-state index is 13.5. The van der Waals surface area contributed by atoms with Crippen LogP contribution in [-0.4, -0.2) is 46.0 Å². The number of carbonyl (C=O) groups is 1. The van der Waals surface area contributed by atoms with Gasteiger partial charge in [-0.25, -0.2) is 9.97 Å². The molecule has 3 heterocycles. The minimum absolute atomic E-state index is 0.0940. The fourth-order valence-corrected chi connectivity index (χ4v) is 4.21. The lowest BCUT2D eigenvalue weighted by molar-refractivity contribution is -0.137. The van der Waals surface area contributed by atoms with Crippen molar-refractivity contribution in [3.05, 3.63) is 47.4 Å². The summed E-state index contributed by atoms with van der Waals surface area (Å²) in [5, 5.41) is 3.10. The highest BCUT2D eigenvalue weighted by Gasteiger charge is 2.47. The Morgan fingerprint density at radius 1 is 1.22 bits per heavy atom. The summed E-state index contributed by atoms with van der Waals surface area (Å²) in [7, 11) is 0. The third-order valence-electron chi connectivity index (χ3n) is 5.95. The van der Waals surface area contributed by atoms with Crippen molar-refractivity contribution in [1.82, 2.24) is 14.9 Å². The quantitative estimate of drug-likeness (QED) is 0.702. The predicted molar refractivity (Wildman–Crippen MR) is 114 cm³/mol. The average molecular weight is 448 g/mol. The first-order valence-corrected chi connectivity index (χ1v) is 10.8. The molecule has 2 aromatic rings. The minimum Gasteiger partial charge on any atom is -0.489 e. The molecule has 1 saturated carbocycles. The molecule has 1 amide bonds. The molecule has 0 spiro atoms. The number of amides is 1. The number of nitrogens with one attached hydrogen (secondary N) is 1. The van der Waals surface area contributed by atoms with Gasteiger partial charge < -0.3 is 15.0 Å². The first-order valence-electron chi connectivity index (χ1n) is 10.8. The van der Waals surface area contributed by atoms with Gasteiger partial charge in [0.25, 0.3) is 5.91 Å². The van der Waals surface area contributed by atoms with E-state index in [1.807, 2.05) is 31.7 Å². The van der Waals surface area contributed by atoms with E-state index in [1.54, 1.807) is 6.07 Å². The Morgan fingerprint density at radius 2 is 2.00 bits per heavy atom. The number of carbonyl (C=O) groups excluding carboxylic acids is 1. The van der Waals surface area contributed by atoms with E-state index in [0.717, 1.165) is 30.8 Å². The summed E-state index contributed by atoms with van der Waals surface area (Å²) in [6.07, 6.45) is -1.76. The largest absolute Gasteiger partial charge is 0.489 e. The van der Waals surface area contributed by atoms with Gasteiger partial charge in [0.2, 0.25) is 0 Å². The molecule has 0 radical (unpaired) electrons. The second-order valence-electron chi connectivity index (χ2n) is 8.88. The fourth-order valence-electron chi connectivity index (χ4n) is 4.21. The molecule has 4 rings (SSSR count). The molecule has 2 aromatic heterocycles. The normalized spacial score (nSPS) is 22.5. The number of halogens is 3. The SMILES string of the molecule is Cc1ccc(OC(C)C)c(C(=O)N2C[C@@H]3C[C@@H]3C[C@H]2CNc2ccc(C(F)(F)F)cn2)n1. The molecular formula is C23H27F3N4O2. The maximum absolute atomic E-state index is 13.5. The molecule has 3 atom stereocenters. The highest BCUT2D eigenvalue weighted by atomic mass is 19.4. The van der Waals surface area contributed by atoms with E-state index in [0.29, 0.717) is 42.2 Å². The van der Waals surface area contributed by atoms with Gasteiger partial charge in [-0.1, -0.05) is 0 Å². The van der Waals surface area contributed by atoms with E-state index in [1.165, 1.54) is 6.07 Å². The van der Waals surface area contributed by atoms with Crippen LogP contribution >= 0.6 is 0 Å². The number of aromatic nitrogens is 2. The van der Waals surface area contributed by atoms with Crippen LogP contribution < -0.4 is 10.1 Å². The topological polar surface area (TPSA) is 67.3 Å². The summed E-state index contributed by atoms with van der Waals surface area (Å²) < 4.78 is 44.1. The highest BCUT2D eigenvalue weighted by Crippen LogP contribution is 2.47. The van der Waals surface area contributed by atoms with Crippen molar-refractivity contribution in [2.75, 3.05) is 18.4 Å². The number of nitrogens with zero attached hydrogens (tertiary/aromatic N) is 3. The van der Waals surface area contributed by atoms with E-state index in [9.17, 15) is 18.0 Å². The second kappa shape index (κ2) is 8.60. The summed E-state index contributed by atoms with van der Waals surface area (Å²) in [5.74, 6) is 1.72. The van der Waals surface area contributed by atoms with Gasteiger partial charge in [-0.3, -0.25) is 4.79 Å². The summed E-state index contributed by atoms with van der Waals surface area (Å²) in [5.41, 5.74) is 0.242. The van der Waals surface area contributed by atoms with Crippen LogP contribution in [0.2, 0.25) is 0 Å². The fraction of sp³-hybridized carbons (Fsp3) is 0.522. The van der Waals surface area contributed by atoms with Crippen LogP contribution in [0.5, 0.6) is 5.75 Å². The number of rotatable bonds is 6. The molecule has 172 valence electrons. The number of alkyl halides is 3. The van der Waals surface area contributed by atoms with Crippen molar-refractivity contribution in [3.8, 4) is 5.75 Å². The van der Waals surface area contributed by atoms with E-state index < -0.39 is 11.7 Å². The van der Waals surface area contributed by atoms with Crippen molar-refractivity contribution in [3.63, 3.8) is 0 Å². The lowest BCUT2D eigenvalue weighted by Gasteiger charge is -2.36. The Balaban J connectivity index is 1.50. The summed E-state index contributed by atoms with van der Waals surface area (Å²) >= 11 is 0. The Labute approximate surface area is 185 Å². The number of hydrogen-bond acceptors (Lipinski definition) is 5. The predicted octanol–water partition coefficient (Wildman–Crippen LogP) is 4.55. The molecular weight excluding hydrogens is 421 g/mol. The first kappa shape index (κ1) is 22.4. The Bertz CT molecular complexity index is 978. The lowest BCUT2D eigenvalue weighted by Crippen LogP contribution is -2.48. The van der Waals surface area contributed by atoms with Crippen LogP contribution in [0.3, 0.4) is 0 Å². The van der Waals surface area contributed by atoms with Gasteiger partial charge in [-0.15, -0.1) is 0 Å². The van der Waals surface area contributed by atoms with E-state index in [4.69, 9.17) is 4.74 Å². The molecule has 1 N–H and O–H groups in total. The van der Waals surface area contributed by atoms with Gasteiger partial charge in [-0.2, -0.15) is 13.2 Å². The smallest absolute Gasteiger partial charge is 0.417 e. The van der Waals surface area contributed by atoms with Crippen LogP contribution in [0, 0.1) is 18.8 Å². The Kier molecular flexibility index (Phi) is 6.01. The number of likely N-dealkylation sites (tertiary alicyclic amines) is 1. The first-order chi connectivity index (χ1) is 15.1. The lowest BCUT2D eigenvalue weighted by atomic mass is 10.0. The third-order valence-corrected chi connectivity index (χ3v) is 5.95. The zero-order valence-corrected chi connectivity index (χ0v) is 18.3. The highest BCUT2D eigenvalue weighted by molar-refractivity contribution is 5.95. The Morgan fingerprint density at radius 3 is 2.66 bits per heavy atom. The van der Waals surface area contributed by atoms with E-state index in [-0.39, 0.29) is 18.1 Å². The van der Waals surface area contributed by atoms with Gasteiger partial charge >= 0.3 is 6.18 Å². The van der Waals surface area contributed by atoms with Crippen LogP contribution in [0.15, 0.2) is 30.5 Å². The zero-order valence-electron chi connectivity index (χ0n) is 18.3. The van der Waals surface area contributed by atoms with Crippen LogP contribution in [0.25, 0.3) is 0 Å². The molecule has 32 heavy (non-hydrogen) atoms. The van der Waals surface area contributed by atoms with Crippen LogP contribution in [0.1, 0.15) is 48.4 Å². The molecule has 2 aliphatic rings. The molecule has 0 bridgehead atoms. The molecule has 0 unspecified atom stereocenters. The van der Waals surface area contributed by atoms with Crippen molar-refractivity contribution in [2.45, 2.75) is 51.9 Å². The zero-order chi connectivity index (χ0) is 23.0. The van der Waals surface area contributed by atoms with Gasteiger partial charge in [-0.05, 0) is 69.7 Å². The second-order valence-corrected chi connectivity index (χ2v) is 8.88. The van der Waals surface area contributed by atoms with Crippen LogP contribution in [-0.2, 0) is 6.18 Å². The van der Waals surface area contributed by atoms with Crippen molar-refractivity contribution in [2.24, 2.45) is 11.8 Å². The minimum atomic E-state index is -4.42. The van der Waals surface area contributed by atoms with Crippen molar-refractivity contribution in [1.29, 1.82) is 0 Å². The molecule has 6 nitrogen and oxygen atoms in total. The summed E-state index contributed by atoms with van der Waals surface area (Å²) in [6.45, 7) is 6.67. The standard InChI is InChI=1S/C23H27F3N4O2/c1-13(2)32-19-6-4-14(3)29-21(19)22(31)30-12-16-8-15(16)9-18(30)11-28-20-7-5-17(10-27-20)23(24,25)26/h4-7,10,13,15-16,18H,8-9,11-12H2,1-3H3,(H,27,28)/t15-,16+,18+/m1/s1. The van der Waals surface area contributed by atoms with Gasteiger partial charge in [0, 0.05) is 31.0 Å². The molecule has 9 heteroatoms. The number of hydrogen-bond donors (Lipinski definition) is 1. The van der Waals surface area contributed by atoms with E-state index >= 15 is 0 Å². The number of aryl methyl sites for hydroxylation is 1. The number of fused-ring (bicyclic) bond motifs is 1. The Hall–Kier alpha value is -2.84. The number of ether oxygens (including phenoxy) is 1. The molecule has 1 aliphatic heterocycles. The number of anilines is 1. The molecule has 2 fully saturated rings. The summed E-state index contributed by atoms with van der Waals surface area (Å²) in [6, 6.07) is 5.80. The average Bonchev–Trinajstić information content (AvgIpc) is 3.50. The monoisotopic (exact) mass is 448 g/mol. The molecule has 1 aliphatic carbocycles. The van der Waals surface area contributed by atoms with Gasteiger partial charge in [0.1, 0.15) is 5.82 Å². The van der Waals surface area contributed by atoms with E-state index in [2.05, 4.69) is 15.3 Å². The number of pyridine rings is 2.